The zero-order valence-electron chi connectivity index (χ0n) is 11.1. The lowest BCUT2D eigenvalue weighted by atomic mass is 10.1. The van der Waals surface area contributed by atoms with Crippen LogP contribution >= 0.6 is 23.4 Å². The summed E-state index contributed by atoms with van der Waals surface area (Å²) in [6.07, 6.45) is 1.93. The van der Waals surface area contributed by atoms with Crippen molar-refractivity contribution in [1.82, 2.24) is 5.32 Å². The van der Waals surface area contributed by atoms with Crippen molar-refractivity contribution < 1.29 is 9.90 Å². The number of hydrogen-bond donors (Lipinski definition) is 3. The summed E-state index contributed by atoms with van der Waals surface area (Å²) in [7, 11) is 0. The Bertz CT molecular complexity index is 410. The van der Waals surface area contributed by atoms with E-state index in [0.29, 0.717) is 23.0 Å². The van der Waals surface area contributed by atoms with E-state index in [1.165, 1.54) is 0 Å². The van der Waals surface area contributed by atoms with Crippen LogP contribution in [0.15, 0.2) is 24.3 Å². The lowest BCUT2D eigenvalue weighted by Gasteiger charge is -2.22. The summed E-state index contributed by atoms with van der Waals surface area (Å²) in [6.45, 7) is 2.28. The fourth-order valence-electron chi connectivity index (χ4n) is 1.55. The maximum Gasteiger partial charge on any atom is 0.238 e. The lowest BCUT2D eigenvalue weighted by Crippen LogP contribution is -2.42. The topological polar surface area (TPSA) is 61.4 Å². The summed E-state index contributed by atoms with van der Waals surface area (Å²) in [5.41, 5.74) is -0.105. The highest BCUT2D eigenvalue weighted by molar-refractivity contribution is 7.98. The van der Waals surface area contributed by atoms with Gasteiger partial charge in [-0.15, -0.1) is 0 Å². The normalized spacial score (nSPS) is 13.9. The highest BCUT2D eigenvalue weighted by Gasteiger charge is 2.19. The van der Waals surface area contributed by atoms with Gasteiger partial charge in [-0.05, 0) is 37.4 Å². The molecule has 3 N–H and O–H groups in total. The molecule has 1 unspecified atom stereocenters. The van der Waals surface area contributed by atoms with Gasteiger partial charge in [-0.25, -0.2) is 0 Å². The molecule has 0 fully saturated rings. The van der Waals surface area contributed by atoms with Crippen LogP contribution in [0.25, 0.3) is 0 Å². The molecule has 0 aromatic heterocycles. The van der Waals surface area contributed by atoms with Gasteiger partial charge >= 0.3 is 0 Å². The molecule has 1 aromatic rings. The van der Waals surface area contributed by atoms with E-state index in [0.717, 1.165) is 0 Å². The van der Waals surface area contributed by atoms with Crippen LogP contribution in [-0.2, 0) is 4.79 Å². The van der Waals surface area contributed by atoms with E-state index < -0.39 is 5.60 Å². The molecule has 0 aliphatic heterocycles. The molecule has 1 atom stereocenters. The third-order valence-corrected chi connectivity index (χ3v) is 3.54. The van der Waals surface area contributed by atoms with E-state index in [4.69, 9.17) is 11.6 Å². The van der Waals surface area contributed by atoms with Crippen molar-refractivity contribution in [2.24, 2.45) is 0 Å². The number of nitrogens with one attached hydrogen (secondary N) is 2. The Labute approximate surface area is 122 Å². The van der Waals surface area contributed by atoms with Crippen molar-refractivity contribution in [3.05, 3.63) is 29.3 Å². The van der Waals surface area contributed by atoms with Crippen molar-refractivity contribution in [3.8, 4) is 0 Å². The Balaban J connectivity index is 2.30. The van der Waals surface area contributed by atoms with Gasteiger partial charge in [-0.3, -0.25) is 4.79 Å². The number of rotatable bonds is 7. The number of carbonyl (C=O) groups excluding carboxylic acids is 1. The Morgan fingerprint density at radius 2 is 2.05 bits per heavy atom. The number of carbonyl (C=O) groups is 1. The zero-order valence-corrected chi connectivity index (χ0v) is 12.6. The molecule has 0 aliphatic rings. The first-order chi connectivity index (χ1) is 8.93. The van der Waals surface area contributed by atoms with Gasteiger partial charge in [0, 0.05) is 23.0 Å². The van der Waals surface area contributed by atoms with Gasteiger partial charge < -0.3 is 15.7 Å². The molecule has 4 nitrogen and oxygen atoms in total. The molecule has 6 heteroatoms. The number of halogens is 1. The van der Waals surface area contributed by atoms with Gasteiger partial charge in [-0.1, -0.05) is 11.6 Å². The standard InChI is InChI=1S/C13H19ClN2O2S/c1-13(18,9-19-2)8-15-7-12(17)16-11-5-3-10(14)4-6-11/h3-6,15,18H,7-9H2,1-2H3,(H,16,17). The minimum Gasteiger partial charge on any atom is -0.388 e. The summed E-state index contributed by atoms with van der Waals surface area (Å²) < 4.78 is 0. The average molecular weight is 303 g/mol. The van der Waals surface area contributed by atoms with Gasteiger partial charge in [0.2, 0.25) is 5.91 Å². The minimum absolute atomic E-state index is 0.151. The molecule has 1 aromatic carbocycles. The summed E-state index contributed by atoms with van der Waals surface area (Å²) >= 11 is 7.33. The second-order valence-corrected chi connectivity index (χ2v) is 5.89. The molecule has 106 valence electrons. The maximum atomic E-state index is 11.6. The molecule has 1 rings (SSSR count). The molecule has 0 saturated heterocycles. The maximum absolute atomic E-state index is 11.6. The van der Waals surface area contributed by atoms with Crippen molar-refractivity contribution in [2.75, 3.05) is 30.4 Å². The van der Waals surface area contributed by atoms with Gasteiger partial charge in [0.05, 0.1) is 12.1 Å². The fourth-order valence-corrected chi connectivity index (χ4v) is 2.40. The Kier molecular flexibility index (Phi) is 6.65. The first-order valence-electron chi connectivity index (χ1n) is 5.90. The molecule has 0 spiro atoms. The van der Waals surface area contributed by atoms with Crippen LogP contribution in [0, 0.1) is 0 Å². The van der Waals surface area contributed by atoms with Crippen molar-refractivity contribution in [2.45, 2.75) is 12.5 Å². The van der Waals surface area contributed by atoms with E-state index >= 15 is 0 Å². The Hall–Kier alpha value is -0.750. The third kappa shape index (κ3) is 6.82. The molecule has 0 radical (unpaired) electrons. The van der Waals surface area contributed by atoms with E-state index in [-0.39, 0.29) is 12.5 Å². The van der Waals surface area contributed by atoms with Crippen molar-refractivity contribution in [1.29, 1.82) is 0 Å². The highest BCUT2D eigenvalue weighted by atomic mass is 35.5. The van der Waals surface area contributed by atoms with E-state index in [1.54, 1.807) is 43.0 Å². The first-order valence-corrected chi connectivity index (χ1v) is 7.67. The molecule has 0 heterocycles. The predicted octanol–water partition coefficient (Wildman–Crippen LogP) is 1.98. The van der Waals surface area contributed by atoms with E-state index in [9.17, 15) is 9.90 Å². The van der Waals surface area contributed by atoms with E-state index in [2.05, 4.69) is 10.6 Å². The highest BCUT2D eigenvalue weighted by Crippen LogP contribution is 2.13. The number of thioether (sulfide) groups is 1. The first kappa shape index (κ1) is 16.3. The van der Waals surface area contributed by atoms with Crippen LogP contribution in [0.3, 0.4) is 0 Å². The zero-order chi connectivity index (χ0) is 14.3. The second-order valence-electron chi connectivity index (χ2n) is 4.59. The SMILES string of the molecule is CSCC(C)(O)CNCC(=O)Nc1ccc(Cl)cc1. The van der Waals surface area contributed by atoms with Crippen LogP contribution < -0.4 is 10.6 Å². The molecule has 0 aliphatic carbocycles. The largest absolute Gasteiger partial charge is 0.388 e. The van der Waals surface area contributed by atoms with Crippen LogP contribution in [0.2, 0.25) is 5.02 Å². The van der Waals surface area contributed by atoms with Crippen LogP contribution in [-0.4, -0.2) is 41.7 Å². The number of amides is 1. The van der Waals surface area contributed by atoms with Crippen molar-refractivity contribution in [3.63, 3.8) is 0 Å². The Morgan fingerprint density at radius 1 is 1.42 bits per heavy atom. The predicted molar refractivity (Wildman–Crippen MR) is 82.0 cm³/mol. The van der Waals surface area contributed by atoms with Crippen molar-refractivity contribution >= 4 is 35.0 Å². The monoisotopic (exact) mass is 302 g/mol. The number of anilines is 1. The number of aliphatic hydroxyl groups is 1. The lowest BCUT2D eigenvalue weighted by molar-refractivity contribution is -0.115. The molecule has 19 heavy (non-hydrogen) atoms. The Morgan fingerprint density at radius 3 is 2.63 bits per heavy atom. The smallest absolute Gasteiger partial charge is 0.238 e. The molecule has 0 bridgehead atoms. The molecular formula is C13H19ClN2O2S. The minimum atomic E-state index is -0.806. The molecule has 0 saturated carbocycles. The fraction of sp³-hybridized carbons (Fsp3) is 0.462. The van der Waals surface area contributed by atoms with E-state index in [1.807, 2.05) is 6.26 Å². The summed E-state index contributed by atoms with van der Waals surface area (Å²) in [5.74, 6) is 0.473. The number of benzene rings is 1. The summed E-state index contributed by atoms with van der Waals surface area (Å²) in [4.78, 5) is 11.6. The van der Waals surface area contributed by atoms with Gasteiger partial charge in [-0.2, -0.15) is 11.8 Å². The van der Waals surface area contributed by atoms with Crippen LogP contribution in [0.5, 0.6) is 0 Å². The van der Waals surface area contributed by atoms with Gasteiger partial charge in [0.15, 0.2) is 0 Å². The van der Waals surface area contributed by atoms with Gasteiger partial charge in [0.25, 0.3) is 0 Å². The van der Waals surface area contributed by atoms with Crippen LogP contribution in [0.1, 0.15) is 6.92 Å². The number of hydrogen-bond acceptors (Lipinski definition) is 4. The summed E-state index contributed by atoms with van der Waals surface area (Å²) in [6, 6.07) is 6.91. The molecular weight excluding hydrogens is 284 g/mol. The quantitative estimate of drug-likeness (QED) is 0.721. The average Bonchev–Trinajstić information content (AvgIpc) is 2.31. The molecule has 1 amide bonds. The summed E-state index contributed by atoms with van der Waals surface area (Å²) in [5, 5.41) is 16.2. The van der Waals surface area contributed by atoms with Gasteiger partial charge in [0.1, 0.15) is 0 Å². The second kappa shape index (κ2) is 7.75. The van der Waals surface area contributed by atoms with Crippen LogP contribution in [0.4, 0.5) is 5.69 Å². The third-order valence-electron chi connectivity index (χ3n) is 2.37.